The number of carbonyl (C=O) groups is 1. The Bertz CT molecular complexity index is 412. The van der Waals surface area contributed by atoms with Crippen LogP contribution in [0.1, 0.15) is 24.2 Å². The highest BCUT2D eigenvalue weighted by molar-refractivity contribution is 9.10. The lowest BCUT2D eigenvalue weighted by molar-refractivity contribution is 0.0669. The molecule has 0 heterocycles. The van der Waals surface area contributed by atoms with Gasteiger partial charge in [-0.1, -0.05) is 11.6 Å². The average molecular weight is 335 g/mol. The molecule has 0 saturated carbocycles. The van der Waals surface area contributed by atoms with Crippen LogP contribution in [0.5, 0.6) is 0 Å². The Balaban J connectivity index is 2.73. The topological polar surface area (TPSA) is 29.5 Å². The SMILES string of the molecule is CCOCCN(CC)C(=O)c1ccc(Cl)c(Br)c1. The molecule has 0 bridgehead atoms. The van der Waals surface area contributed by atoms with E-state index in [1.807, 2.05) is 13.8 Å². The van der Waals surface area contributed by atoms with Gasteiger partial charge in [0.1, 0.15) is 0 Å². The lowest BCUT2D eigenvalue weighted by atomic mass is 10.2. The summed E-state index contributed by atoms with van der Waals surface area (Å²) in [5.41, 5.74) is 0.629. The molecule has 0 radical (unpaired) electrons. The summed E-state index contributed by atoms with van der Waals surface area (Å²) in [7, 11) is 0. The van der Waals surface area contributed by atoms with E-state index in [4.69, 9.17) is 16.3 Å². The molecular weight excluding hydrogens is 318 g/mol. The Labute approximate surface area is 121 Å². The van der Waals surface area contributed by atoms with Gasteiger partial charge in [-0.25, -0.2) is 0 Å². The van der Waals surface area contributed by atoms with Crippen LogP contribution in [-0.2, 0) is 4.74 Å². The molecule has 1 aromatic carbocycles. The Morgan fingerprint density at radius 3 is 2.72 bits per heavy atom. The van der Waals surface area contributed by atoms with E-state index in [0.717, 1.165) is 4.47 Å². The molecule has 0 fully saturated rings. The van der Waals surface area contributed by atoms with Gasteiger partial charge in [0.05, 0.1) is 11.6 Å². The zero-order chi connectivity index (χ0) is 13.5. The van der Waals surface area contributed by atoms with Crippen molar-refractivity contribution < 1.29 is 9.53 Å². The van der Waals surface area contributed by atoms with Crippen LogP contribution in [0.25, 0.3) is 0 Å². The van der Waals surface area contributed by atoms with Crippen LogP contribution >= 0.6 is 27.5 Å². The number of ether oxygens (including phenoxy) is 1. The molecule has 0 aromatic heterocycles. The standard InChI is InChI=1S/C13H17BrClNO2/c1-3-16(7-8-18-4-2)13(17)10-5-6-12(15)11(14)9-10/h5-6,9H,3-4,7-8H2,1-2H3. The maximum atomic E-state index is 12.2. The largest absolute Gasteiger partial charge is 0.380 e. The molecule has 18 heavy (non-hydrogen) atoms. The van der Waals surface area contributed by atoms with Gasteiger partial charge in [0.15, 0.2) is 0 Å². The van der Waals surface area contributed by atoms with Crippen molar-refractivity contribution in [2.75, 3.05) is 26.3 Å². The summed E-state index contributed by atoms with van der Waals surface area (Å²) in [6.45, 7) is 6.38. The molecule has 3 nitrogen and oxygen atoms in total. The second kappa shape index (κ2) is 7.77. The number of nitrogens with zero attached hydrogens (tertiary/aromatic N) is 1. The van der Waals surface area contributed by atoms with Crippen molar-refractivity contribution >= 4 is 33.4 Å². The van der Waals surface area contributed by atoms with Crippen LogP contribution in [-0.4, -0.2) is 37.1 Å². The molecule has 1 rings (SSSR count). The van der Waals surface area contributed by atoms with Gasteiger partial charge in [-0.2, -0.15) is 0 Å². The number of halogens is 2. The van der Waals surface area contributed by atoms with Gasteiger partial charge in [0.25, 0.3) is 5.91 Å². The fourth-order valence-corrected chi connectivity index (χ4v) is 2.03. The Morgan fingerprint density at radius 1 is 1.44 bits per heavy atom. The van der Waals surface area contributed by atoms with E-state index in [9.17, 15) is 4.79 Å². The Kier molecular flexibility index (Phi) is 6.68. The van der Waals surface area contributed by atoms with Gasteiger partial charge in [-0.15, -0.1) is 0 Å². The maximum absolute atomic E-state index is 12.2. The van der Waals surface area contributed by atoms with Crippen molar-refractivity contribution in [2.24, 2.45) is 0 Å². The molecule has 0 aliphatic carbocycles. The van der Waals surface area contributed by atoms with E-state index in [2.05, 4.69) is 15.9 Å². The van der Waals surface area contributed by atoms with Crippen LogP contribution in [0.15, 0.2) is 22.7 Å². The number of likely N-dealkylation sites (N-methyl/N-ethyl adjacent to an activating group) is 1. The third kappa shape index (κ3) is 4.26. The summed E-state index contributed by atoms with van der Waals surface area (Å²) in [5, 5.41) is 0.601. The van der Waals surface area contributed by atoms with Crippen LogP contribution in [0, 0.1) is 0 Å². The van der Waals surface area contributed by atoms with Gasteiger partial charge in [-0.3, -0.25) is 4.79 Å². The van der Waals surface area contributed by atoms with E-state index in [1.54, 1.807) is 23.1 Å². The molecule has 0 N–H and O–H groups in total. The van der Waals surface area contributed by atoms with Crippen LogP contribution in [0.4, 0.5) is 0 Å². The van der Waals surface area contributed by atoms with E-state index in [-0.39, 0.29) is 5.91 Å². The quantitative estimate of drug-likeness (QED) is 0.744. The summed E-state index contributed by atoms with van der Waals surface area (Å²) in [5.74, 6) is -0.00503. The number of rotatable bonds is 6. The van der Waals surface area contributed by atoms with E-state index >= 15 is 0 Å². The molecule has 0 aliphatic heterocycles. The minimum absolute atomic E-state index is 0.00503. The number of carbonyl (C=O) groups excluding carboxylic acids is 1. The predicted molar refractivity (Wildman–Crippen MR) is 77.2 cm³/mol. The first-order valence-electron chi connectivity index (χ1n) is 5.92. The third-order valence-electron chi connectivity index (χ3n) is 2.55. The van der Waals surface area contributed by atoms with Crippen LogP contribution < -0.4 is 0 Å². The monoisotopic (exact) mass is 333 g/mol. The number of benzene rings is 1. The molecule has 0 saturated heterocycles. The van der Waals surface area contributed by atoms with Crippen LogP contribution in [0.2, 0.25) is 5.02 Å². The summed E-state index contributed by atoms with van der Waals surface area (Å²) < 4.78 is 6.00. The number of hydrogen-bond acceptors (Lipinski definition) is 2. The Hall–Kier alpha value is -0.580. The first-order valence-corrected chi connectivity index (χ1v) is 7.09. The molecule has 0 spiro atoms. The highest BCUT2D eigenvalue weighted by Gasteiger charge is 2.14. The summed E-state index contributed by atoms with van der Waals surface area (Å²) in [6, 6.07) is 5.20. The predicted octanol–water partition coefficient (Wildman–Crippen LogP) is 3.60. The van der Waals surface area contributed by atoms with Crippen molar-refractivity contribution in [2.45, 2.75) is 13.8 Å². The molecule has 0 unspecified atom stereocenters. The highest BCUT2D eigenvalue weighted by atomic mass is 79.9. The molecular formula is C13H17BrClNO2. The van der Waals surface area contributed by atoms with Gasteiger partial charge in [0.2, 0.25) is 0 Å². The minimum Gasteiger partial charge on any atom is -0.380 e. The van der Waals surface area contributed by atoms with E-state index < -0.39 is 0 Å². The average Bonchev–Trinajstić information content (AvgIpc) is 2.37. The van der Waals surface area contributed by atoms with E-state index in [0.29, 0.717) is 36.9 Å². The zero-order valence-electron chi connectivity index (χ0n) is 10.6. The Morgan fingerprint density at radius 2 is 2.17 bits per heavy atom. The smallest absolute Gasteiger partial charge is 0.253 e. The first-order chi connectivity index (χ1) is 8.60. The van der Waals surface area contributed by atoms with Crippen LogP contribution in [0.3, 0.4) is 0 Å². The molecule has 0 atom stereocenters. The first kappa shape index (κ1) is 15.5. The molecule has 5 heteroatoms. The summed E-state index contributed by atoms with van der Waals surface area (Å²) >= 11 is 9.23. The molecule has 100 valence electrons. The lowest BCUT2D eigenvalue weighted by Gasteiger charge is -2.21. The highest BCUT2D eigenvalue weighted by Crippen LogP contribution is 2.23. The minimum atomic E-state index is -0.00503. The normalized spacial score (nSPS) is 10.4. The van der Waals surface area contributed by atoms with Crippen molar-refractivity contribution in [1.29, 1.82) is 0 Å². The summed E-state index contributed by atoms with van der Waals surface area (Å²) in [6.07, 6.45) is 0. The van der Waals surface area contributed by atoms with Crippen molar-refractivity contribution in [3.05, 3.63) is 33.3 Å². The molecule has 0 aliphatic rings. The molecule has 1 aromatic rings. The fraction of sp³-hybridized carbons (Fsp3) is 0.462. The second-order valence-electron chi connectivity index (χ2n) is 3.71. The van der Waals surface area contributed by atoms with Crippen molar-refractivity contribution in [1.82, 2.24) is 4.90 Å². The molecule has 1 amide bonds. The second-order valence-corrected chi connectivity index (χ2v) is 4.97. The fourth-order valence-electron chi connectivity index (χ4n) is 1.53. The number of hydrogen-bond donors (Lipinski definition) is 0. The van der Waals surface area contributed by atoms with Gasteiger partial charge in [0, 0.05) is 29.7 Å². The van der Waals surface area contributed by atoms with Gasteiger partial charge >= 0.3 is 0 Å². The summed E-state index contributed by atoms with van der Waals surface area (Å²) in [4.78, 5) is 14.0. The van der Waals surface area contributed by atoms with Crippen molar-refractivity contribution in [3.63, 3.8) is 0 Å². The third-order valence-corrected chi connectivity index (χ3v) is 3.76. The van der Waals surface area contributed by atoms with E-state index in [1.165, 1.54) is 0 Å². The van der Waals surface area contributed by atoms with Crippen molar-refractivity contribution in [3.8, 4) is 0 Å². The zero-order valence-corrected chi connectivity index (χ0v) is 12.9. The van der Waals surface area contributed by atoms with Gasteiger partial charge in [-0.05, 0) is 48.0 Å². The van der Waals surface area contributed by atoms with Gasteiger partial charge < -0.3 is 9.64 Å². The maximum Gasteiger partial charge on any atom is 0.253 e. The number of amides is 1. The lowest BCUT2D eigenvalue weighted by Crippen LogP contribution is -2.33.